The van der Waals surface area contributed by atoms with E-state index in [0.717, 1.165) is 38.9 Å². The van der Waals surface area contributed by atoms with Crippen LogP contribution < -0.4 is 5.32 Å². The van der Waals surface area contributed by atoms with E-state index in [1.54, 1.807) is 6.07 Å². The van der Waals surface area contributed by atoms with Crippen LogP contribution in [0.25, 0.3) is 0 Å². The zero-order chi connectivity index (χ0) is 15.2. The second-order valence-corrected chi connectivity index (χ2v) is 6.00. The molecule has 1 atom stereocenters. The van der Waals surface area contributed by atoms with Crippen molar-refractivity contribution in [2.45, 2.75) is 26.2 Å². The van der Waals surface area contributed by atoms with Crippen LogP contribution in [0.3, 0.4) is 0 Å². The quantitative estimate of drug-likeness (QED) is 0.904. The maximum Gasteiger partial charge on any atom is 0.253 e. The lowest BCUT2D eigenvalue weighted by Crippen LogP contribution is -2.41. The summed E-state index contributed by atoms with van der Waals surface area (Å²) in [6.07, 6.45) is 3.17. The van der Waals surface area contributed by atoms with Gasteiger partial charge in [0.15, 0.2) is 0 Å². The molecule has 21 heavy (non-hydrogen) atoms. The molecule has 1 saturated heterocycles. The maximum absolute atomic E-state index is 13.5. The molecule has 0 saturated carbocycles. The molecule has 1 aliphatic rings. The topological polar surface area (TPSA) is 32.3 Å². The molecule has 1 aromatic rings. The number of amides is 1. The molecule has 116 valence electrons. The molecule has 0 aliphatic carbocycles. The van der Waals surface area contributed by atoms with E-state index in [0.29, 0.717) is 18.0 Å². The summed E-state index contributed by atoms with van der Waals surface area (Å²) in [5.41, 5.74) is 0.370. The summed E-state index contributed by atoms with van der Waals surface area (Å²) in [4.78, 5) is 14.4. The van der Waals surface area contributed by atoms with Gasteiger partial charge in [-0.1, -0.05) is 18.5 Å². The number of piperidine rings is 1. The standard InChI is InChI=1S/C16H22ClFN2O/c1-2-8-20(11-12-4-3-7-19-10-12)16(21)13-5-6-14(17)15(18)9-13/h5-6,9,12,19H,2-4,7-8,10-11H2,1H3. The van der Waals surface area contributed by atoms with Gasteiger partial charge in [-0.15, -0.1) is 0 Å². The third-order valence-corrected chi connectivity index (χ3v) is 4.13. The first-order chi connectivity index (χ1) is 10.1. The van der Waals surface area contributed by atoms with E-state index in [9.17, 15) is 9.18 Å². The van der Waals surface area contributed by atoms with Gasteiger partial charge < -0.3 is 10.2 Å². The molecule has 1 N–H and O–H groups in total. The van der Waals surface area contributed by atoms with E-state index in [-0.39, 0.29) is 10.9 Å². The summed E-state index contributed by atoms with van der Waals surface area (Å²) in [7, 11) is 0. The molecule has 2 rings (SSSR count). The largest absolute Gasteiger partial charge is 0.338 e. The summed E-state index contributed by atoms with van der Waals surface area (Å²) in [5, 5.41) is 3.41. The van der Waals surface area contributed by atoms with Crippen molar-refractivity contribution in [2.24, 2.45) is 5.92 Å². The maximum atomic E-state index is 13.5. The van der Waals surface area contributed by atoms with Gasteiger partial charge in [-0.05, 0) is 56.5 Å². The lowest BCUT2D eigenvalue weighted by Gasteiger charge is -2.30. The van der Waals surface area contributed by atoms with E-state index in [1.165, 1.54) is 12.1 Å². The van der Waals surface area contributed by atoms with Crippen molar-refractivity contribution < 1.29 is 9.18 Å². The summed E-state index contributed by atoms with van der Waals surface area (Å²) in [6.45, 7) is 5.47. The Balaban J connectivity index is 2.08. The number of benzene rings is 1. The van der Waals surface area contributed by atoms with Crippen LogP contribution >= 0.6 is 11.6 Å². The summed E-state index contributed by atoms with van der Waals surface area (Å²) < 4.78 is 13.5. The van der Waals surface area contributed by atoms with E-state index in [4.69, 9.17) is 11.6 Å². The molecule has 1 heterocycles. The average molecular weight is 313 g/mol. The minimum absolute atomic E-state index is 0.0464. The fourth-order valence-corrected chi connectivity index (χ4v) is 2.87. The van der Waals surface area contributed by atoms with Crippen LogP contribution in [0.2, 0.25) is 5.02 Å². The molecular weight excluding hydrogens is 291 g/mol. The van der Waals surface area contributed by atoms with Crippen LogP contribution in [-0.2, 0) is 0 Å². The molecule has 5 heteroatoms. The second kappa shape index (κ2) is 7.76. The molecule has 1 amide bonds. The molecule has 0 radical (unpaired) electrons. The molecular formula is C16H22ClFN2O. The van der Waals surface area contributed by atoms with Crippen LogP contribution in [0.1, 0.15) is 36.5 Å². The fraction of sp³-hybridized carbons (Fsp3) is 0.562. The highest BCUT2D eigenvalue weighted by molar-refractivity contribution is 6.30. The Bertz CT molecular complexity index is 489. The van der Waals surface area contributed by atoms with Gasteiger partial charge in [0.1, 0.15) is 5.82 Å². The van der Waals surface area contributed by atoms with Crippen molar-refractivity contribution in [1.82, 2.24) is 10.2 Å². The zero-order valence-electron chi connectivity index (χ0n) is 12.4. The molecule has 0 spiro atoms. The number of nitrogens with one attached hydrogen (secondary N) is 1. The zero-order valence-corrected chi connectivity index (χ0v) is 13.1. The SMILES string of the molecule is CCCN(CC1CCCNC1)C(=O)c1ccc(Cl)c(F)c1. The van der Waals surface area contributed by atoms with Gasteiger partial charge in [0, 0.05) is 18.7 Å². The van der Waals surface area contributed by atoms with E-state index in [2.05, 4.69) is 5.32 Å². The van der Waals surface area contributed by atoms with Crippen LogP contribution in [-0.4, -0.2) is 37.0 Å². The molecule has 1 unspecified atom stereocenters. The van der Waals surface area contributed by atoms with E-state index >= 15 is 0 Å². The number of halogens is 2. The number of nitrogens with zero attached hydrogens (tertiary/aromatic N) is 1. The first-order valence-electron chi connectivity index (χ1n) is 7.57. The predicted octanol–water partition coefficient (Wildman–Crippen LogP) is 3.33. The molecule has 1 aliphatic heterocycles. The molecule has 1 fully saturated rings. The van der Waals surface area contributed by atoms with Crippen molar-refractivity contribution in [2.75, 3.05) is 26.2 Å². The average Bonchev–Trinajstić information content (AvgIpc) is 2.50. The molecule has 1 aromatic carbocycles. The molecule has 0 aromatic heterocycles. The van der Waals surface area contributed by atoms with Crippen molar-refractivity contribution in [3.8, 4) is 0 Å². The second-order valence-electron chi connectivity index (χ2n) is 5.59. The Hall–Kier alpha value is -1.13. The fourth-order valence-electron chi connectivity index (χ4n) is 2.75. The third kappa shape index (κ3) is 4.42. The number of carbonyl (C=O) groups excluding carboxylic acids is 1. The van der Waals surface area contributed by atoms with Crippen LogP contribution in [0.4, 0.5) is 4.39 Å². The van der Waals surface area contributed by atoms with Crippen molar-refractivity contribution in [3.05, 3.63) is 34.6 Å². The lowest BCUT2D eigenvalue weighted by atomic mass is 9.98. The smallest absolute Gasteiger partial charge is 0.253 e. The van der Waals surface area contributed by atoms with Gasteiger partial charge >= 0.3 is 0 Å². The van der Waals surface area contributed by atoms with Gasteiger partial charge in [-0.25, -0.2) is 4.39 Å². The Labute approximate surface area is 130 Å². The van der Waals surface area contributed by atoms with E-state index < -0.39 is 5.82 Å². The van der Waals surface area contributed by atoms with Gasteiger partial charge in [-0.2, -0.15) is 0 Å². The highest BCUT2D eigenvalue weighted by atomic mass is 35.5. The summed E-state index contributed by atoms with van der Waals surface area (Å²) in [6, 6.07) is 4.26. The van der Waals surface area contributed by atoms with Gasteiger partial charge in [0.05, 0.1) is 5.02 Å². The van der Waals surface area contributed by atoms with Crippen LogP contribution in [0.5, 0.6) is 0 Å². The van der Waals surface area contributed by atoms with Crippen LogP contribution in [0.15, 0.2) is 18.2 Å². The van der Waals surface area contributed by atoms with Crippen LogP contribution in [0, 0.1) is 11.7 Å². The minimum atomic E-state index is -0.543. The monoisotopic (exact) mass is 312 g/mol. The normalized spacial score (nSPS) is 18.5. The highest BCUT2D eigenvalue weighted by Gasteiger charge is 2.21. The number of hydrogen-bond acceptors (Lipinski definition) is 2. The lowest BCUT2D eigenvalue weighted by molar-refractivity contribution is 0.0718. The van der Waals surface area contributed by atoms with Crippen molar-refractivity contribution in [3.63, 3.8) is 0 Å². The third-order valence-electron chi connectivity index (χ3n) is 3.82. The number of hydrogen-bond donors (Lipinski definition) is 1. The Morgan fingerprint density at radius 3 is 2.95 bits per heavy atom. The van der Waals surface area contributed by atoms with Crippen molar-refractivity contribution >= 4 is 17.5 Å². The Morgan fingerprint density at radius 2 is 2.33 bits per heavy atom. The van der Waals surface area contributed by atoms with Gasteiger partial charge in [-0.3, -0.25) is 4.79 Å². The van der Waals surface area contributed by atoms with Gasteiger partial charge in [0.2, 0.25) is 0 Å². The number of rotatable bonds is 5. The van der Waals surface area contributed by atoms with Gasteiger partial charge in [0.25, 0.3) is 5.91 Å². The Kier molecular flexibility index (Phi) is 6.00. The Morgan fingerprint density at radius 1 is 1.52 bits per heavy atom. The summed E-state index contributed by atoms with van der Waals surface area (Å²) >= 11 is 5.67. The molecule has 3 nitrogen and oxygen atoms in total. The molecule has 0 bridgehead atoms. The van der Waals surface area contributed by atoms with Crippen molar-refractivity contribution in [1.29, 1.82) is 0 Å². The predicted molar refractivity (Wildman–Crippen MR) is 83.2 cm³/mol. The highest BCUT2D eigenvalue weighted by Crippen LogP contribution is 2.18. The first-order valence-corrected chi connectivity index (χ1v) is 7.94. The van der Waals surface area contributed by atoms with E-state index in [1.807, 2.05) is 11.8 Å². The summed E-state index contributed by atoms with van der Waals surface area (Å²) in [5.74, 6) is -0.178. The number of carbonyl (C=O) groups is 1. The minimum Gasteiger partial charge on any atom is -0.338 e. The first kappa shape index (κ1) is 16.2.